The molecule has 1 aliphatic heterocycles. The Morgan fingerprint density at radius 2 is 1.55 bits per heavy atom. The first kappa shape index (κ1) is 19.6. The molecule has 2 unspecified atom stereocenters. The van der Waals surface area contributed by atoms with Gasteiger partial charge in [0.15, 0.2) is 5.72 Å². The molecule has 3 aromatic rings. The van der Waals surface area contributed by atoms with Gasteiger partial charge in [-0.3, -0.25) is 0 Å². The Kier molecular flexibility index (Phi) is 4.70. The van der Waals surface area contributed by atoms with Gasteiger partial charge in [0.05, 0.1) is 17.6 Å². The van der Waals surface area contributed by atoms with Crippen LogP contribution in [-0.4, -0.2) is 31.6 Å². The maximum Gasteiger partial charge on any atom is 0.185 e. The van der Waals surface area contributed by atoms with E-state index in [4.69, 9.17) is 4.74 Å². The minimum absolute atomic E-state index is 0.400. The largest absolute Gasteiger partial charge is 0.384 e. The lowest BCUT2D eigenvalue weighted by Crippen LogP contribution is -2.57. The number of anilines is 1. The molecule has 31 heavy (non-hydrogen) atoms. The lowest BCUT2D eigenvalue weighted by Gasteiger charge is -2.41. The van der Waals surface area contributed by atoms with Crippen LogP contribution in [-0.2, 0) is 10.2 Å². The fourth-order valence-corrected chi connectivity index (χ4v) is 5.26. The van der Waals surface area contributed by atoms with Crippen LogP contribution in [0.3, 0.4) is 0 Å². The molecule has 5 rings (SSSR count). The van der Waals surface area contributed by atoms with Gasteiger partial charge in [0.1, 0.15) is 0 Å². The molecule has 3 heteroatoms. The Bertz CT molecular complexity index is 1210. The molecule has 0 bridgehead atoms. The molecule has 2 atom stereocenters. The molecule has 3 aromatic carbocycles. The predicted molar refractivity (Wildman–Crippen MR) is 125 cm³/mol. The van der Waals surface area contributed by atoms with Gasteiger partial charge in [-0.2, -0.15) is 0 Å². The SMILES string of the molecule is COCC12CC(c3ccccc3)=C(C#Cc3ccccc3)C1(O)N(C)c1ccccc12. The molecule has 1 N–H and O–H groups in total. The summed E-state index contributed by atoms with van der Waals surface area (Å²) in [6.45, 7) is 0.400. The maximum atomic E-state index is 12.5. The van der Waals surface area contributed by atoms with Gasteiger partial charge in [0.25, 0.3) is 0 Å². The molecule has 0 aromatic heterocycles. The summed E-state index contributed by atoms with van der Waals surface area (Å²) in [4.78, 5) is 1.98. The van der Waals surface area contributed by atoms with E-state index in [1.165, 1.54) is 0 Å². The third kappa shape index (κ3) is 2.76. The van der Waals surface area contributed by atoms with E-state index in [1.807, 2.05) is 72.6 Å². The minimum Gasteiger partial charge on any atom is -0.384 e. The van der Waals surface area contributed by atoms with E-state index >= 15 is 0 Å². The summed E-state index contributed by atoms with van der Waals surface area (Å²) < 4.78 is 5.73. The normalized spacial score (nSPS) is 23.9. The third-order valence-electron chi connectivity index (χ3n) is 6.68. The molecule has 0 saturated carbocycles. The predicted octanol–water partition coefficient (Wildman–Crippen LogP) is 4.62. The number of aliphatic hydroxyl groups is 1. The van der Waals surface area contributed by atoms with Crippen LogP contribution in [0.25, 0.3) is 5.57 Å². The number of ether oxygens (including phenoxy) is 1. The van der Waals surface area contributed by atoms with E-state index in [-0.39, 0.29) is 0 Å². The van der Waals surface area contributed by atoms with Gasteiger partial charge in [-0.25, -0.2) is 0 Å². The van der Waals surface area contributed by atoms with Gasteiger partial charge >= 0.3 is 0 Å². The highest BCUT2D eigenvalue weighted by Gasteiger charge is 2.66. The van der Waals surface area contributed by atoms with Crippen molar-refractivity contribution in [1.82, 2.24) is 0 Å². The zero-order chi connectivity index (χ0) is 21.5. The smallest absolute Gasteiger partial charge is 0.185 e. The van der Waals surface area contributed by atoms with Crippen molar-refractivity contribution in [3.05, 3.63) is 107 Å². The van der Waals surface area contributed by atoms with Crippen molar-refractivity contribution in [2.75, 3.05) is 25.7 Å². The monoisotopic (exact) mass is 407 g/mol. The zero-order valence-corrected chi connectivity index (χ0v) is 17.8. The number of fused-ring (bicyclic) bond motifs is 3. The van der Waals surface area contributed by atoms with Crippen LogP contribution < -0.4 is 4.90 Å². The van der Waals surface area contributed by atoms with Crippen LogP contribution in [0.4, 0.5) is 5.69 Å². The summed E-state index contributed by atoms with van der Waals surface area (Å²) in [6.07, 6.45) is 0.654. The fraction of sp³-hybridized carbons (Fsp3) is 0.214. The first-order valence-corrected chi connectivity index (χ1v) is 10.5. The van der Waals surface area contributed by atoms with Crippen molar-refractivity contribution in [3.8, 4) is 11.8 Å². The molecule has 2 aliphatic rings. The van der Waals surface area contributed by atoms with Crippen LogP contribution in [0.2, 0.25) is 0 Å². The van der Waals surface area contributed by atoms with Crippen LogP contribution >= 0.6 is 0 Å². The molecule has 1 heterocycles. The summed E-state index contributed by atoms with van der Waals surface area (Å²) in [5, 5.41) is 12.5. The van der Waals surface area contributed by atoms with Crippen molar-refractivity contribution in [2.24, 2.45) is 0 Å². The molecular formula is C28H25NO2. The molecular weight excluding hydrogens is 382 g/mol. The number of nitrogens with zero attached hydrogens (tertiary/aromatic N) is 1. The number of hydrogen-bond donors (Lipinski definition) is 1. The second-order valence-corrected chi connectivity index (χ2v) is 8.28. The van der Waals surface area contributed by atoms with Crippen LogP contribution in [0.1, 0.15) is 23.1 Å². The molecule has 3 nitrogen and oxygen atoms in total. The van der Waals surface area contributed by atoms with Crippen LogP contribution in [0.15, 0.2) is 90.5 Å². The van der Waals surface area contributed by atoms with Gasteiger partial charge in [-0.15, -0.1) is 0 Å². The standard InChI is InChI=1S/C28H25NO2/c1-29-26-16-10-9-15-25(26)27(20-31-2)19-23(22-13-7-4-8-14-22)24(28(27,29)30)18-17-21-11-5-3-6-12-21/h3-16,30H,19-20H2,1-2H3. The first-order chi connectivity index (χ1) is 15.1. The highest BCUT2D eigenvalue weighted by Crippen LogP contribution is 2.62. The summed E-state index contributed by atoms with van der Waals surface area (Å²) in [6, 6.07) is 28.4. The minimum atomic E-state index is -1.29. The lowest BCUT2D eigenvalue weighted by molar-refractivity contribution is -0.0174. The van der Waals surface area contributed by atoms with E-state index in [9.17, 15) is 5.11 Å². The van der Waals surface area contributed by atoms with Gasteiger partial charge in [-0.1, -0.05) is 78.6 Å². The van der Waals surface area contributed by atoms with Crippen molar-refractivity contribution in [2.45, 2.75) is 17.6 Å². The lowest BCUT2D eigenvalue weighted by atomic mass is 9.74. The van der Waals surface area contributed by atoms with Gasteiger partial charge < -0.3 is 14.7 Å². The maximum absolute atomic E-state index is 12.5. The van der Waals surface area contributed by atoms with E-state index in [1.54, 1.807) is 7.11 Å². The quantitative estimate of drug-likeness (QED) is 0.643. The molecule has 0 radical (unpaired) electrons. The summed E-state index contributed by atoms with van der Waals surface area (Å²) in [7, 11) is 3.65. The average molecular weight is 408 g/mol. The van der Waals surface area contributed by atoms with Crippen molar-refractivity contribution >= 4 is 11.3 Å². The summed E-state index contributed by atoms with van der Waals surface area (Å²) in [5.41, 5.74) is 4.04. The van der Waals surface area contributed by atoms with E-state index in [0.29, 0.717) is 13.0 Å². The molecule has 0 saturated heterocycles. The van der Waals surface area contributed by atoms with Gasteiger partial charge in [-0.05, 0) is 41.3 Å². The fourth-order valence-electron chi connectivity index (χ4n) is 5.26. The van der Waals surface area contributed by atoms with Crippen LogP contribution in [0.5, 0.6) is 0 Å². The Balaban J connectivity index is 1.76. The number of likely N-dealkylation sites (N-methyl/N-ethyl adjacent to an activating group) is 1. The first-order valence-electron chi connectivity index (χ1n) is 10.5. The van der Waals surface area contributed by atoms with E-state index in [2.05, 4.69) is 36.1 Å². The second-order valence-electron chi connectivity index (χ2n) is 8.28. The molecule has 0 amide bonds. The number of rotatable bonds is 3. The summed E-state index contributed by atoms with van der Waals surface area (Å²) >= 11 is 0. The highest BCUT2D eigenvalue weighted by atomic mass is 16.5. The Morgan fingerprint density at radius 1 is 0.903 bits per heavy atom. The zero-order valence-electron chi connectivity index (χ0n) is 17.8. The topological polar surface area (TPSA) is 32.7 Å². The molecule has 1 aliphatic carbocycles. The number of para-hydroxylation sites is 1. The van der Waals surface area contributed by atoms with Crippen molar-refractivity contribution < 1.29 is 9.84 Å². The summed E-state index contributed by atoms with van der Waals surface area (Å²) in [5.74, 6) is 6.68. The number of methoxy groups -OCH3 is 1. The van der Waals surface area contributed by atoms with Crippen molar-refractivity contribution in [3.63, 3.8) is 0 Å². The molecule has 0 spiro atoms. The molecule has 154 valence electrons. The van der Waals surface area contributed by atoms with Gasteiger partial charge in [0.2, 0.25) is 0 Å². The third-order valence-corrected chi connectivity index (χ3v) is 6.68. The van der Waals surface area contributed by atoms with Gasteiger partial charge in [0, 0.05) is 25.4 Å². The Morgan fingerprint density at radius 3 is 2.26 bits per heavy atom. The average Bonchev–Trinajstić information content (AvgIpc) is 3.17. The second kappa shape index (κ2) is 7.42. The number of allylic oxidation sites excluding steroid dienone is 1. The highest BCUT2D eigenvalue weighted by molar-refractivity contribution is 5.86. The van der Waals surface area contributed by atoms with E-state index in [0.717, 1.165) is 33.5 Å². The molecule has 0 fully saturated rings. The van der Waals surface area contributed by atoms with Crippen LogP contribution in [0, 0.1) is 11.8 Å². The number of benzene rings is 3. The van der Waals surface area contributed by atoms with Crippen molar-refractivity contribution in [1.29, 1.82) is 0 Å². The Labute approximate surface area is 183 Å². The van der Waals surface area contributed by atoms with E-state index < -0.39 is 11.1 Å². The number of hydrogen-bond acceptors (Lipinski definition) is 3. The Hall–Kier alpha value is -3.32.